The molecule has 1 aliphatic heterocycles. The van der Waals surface area contributed by atoms with Gasteiger partial charge in [-0.25, -0.2) is 4.79 Å². The van der Waals surface area contributed by atoms with Gasteiger partial charge in [0.15, 0.2) is 11.5 Å². The summed E-state index contributed by atoms with van der Waals surface area (Å²) in [5, 5.41) is 18.6. The minimum absolute atomic E-state index is 0. The Morgan fingerprint density at radius 1 is 1.12 bits per heavy atom. The molecular formula is C19H20O6. The third-order valence-corrected chi connectivity index (χ3v) is 3.42. The zero-order chi connectivity index (χ0) is 16.9. The first-order valence-electron chi connectivity index (χ1n) is 7.38. The second kappa shape index (κ2) is 8.21. The fourth-order valence-corrected chi connectivity index (χ4v) is 2.24. The van der Waals surface area contributed by atoms with Gasteiger partial charge in [-0.3, -0.25) is 0 Å². The molecule has 0 radical (unpaired) electrons. The van der Waals surface area contributed by atoms with Crippen LogP contribution in [-0.2, 0) is 11.4 Å². The van der Waals surface area contributed by atoms with Gasteiger partial charge in [0.05, 0.1) is 6.61 Å². The van der Waals surface area contributed by atoms with E-state index in [2.05, 4.69) is 0 Å². The van der Waals surface area contributed by atoms with Gasteiger partial charge in [-0.05, 0) is 35.9 Å². The van der Waals surface area contributed by atoms with Crippen LogP contribution in [-0.4, -0.2) is 29.4 Å². The third-order valence-electron chi connectivity index (χ3n) is 3.42. The smallest absolute Gasteiger partial charge is 0.336 e. The molecule has 0 fully saturated rings. The van der Waals surface area contributed by atoms with Crippen LogP contribution in [0.1, 0.15) is 18.6 Å². The van der Waals surface area contributed by atoms with Crippen LogP contribution in [0.3, 0.4) is 0 Å². The van der Waals surface area contributed by atoms with Crippen LogP contribution in [0.5, 0.6) is 23.0 Å². The highest BCUT2D eigenvalue weighted by Crippen LogP contribution is 2.33. The number of ether oxygens (including phenoxy) is 3. The lowest BCUT2D eigenvalue weighted by Crippen LogP contribution is -2.15. The fraction of sp³-hybridized carbons (Fsp3) is 0.211. The summed E-state index contributed by atoms with van der Waals surface area (Å²) < 4.78 is 16.1. The molecule has 0 saturated heterocycles. The predicted molar refractivity (Wildman–Crippen MR) is 92.9 cm³/mol. The molecule has 0 saturated carbocycles. The normalized spacial score (nSPS) is 12.5. The van der Waals surface area contributed by atoms with Crippen molar-refractivity contribution >= 4 is 12.0 Å². The zero-order valence-electron chi connectivity index (χ0n) is 12.8. The molecule has 2 N–H and O–H groups in total. The third kappa shape index (κ3) is 4.51. The minimum atomic E-state index is -0.551. The van der Waals surface area contributed by atoms with Crippen LogP contribution in [0.2, 0.25) is 0 Å². The van der Waals surface area contributed by atoms with Gasteiger partial charge in [-0.1, -0.05) is 13.5 Å². The Hall–Kier alpha value is -2.99. The Labute approximate surface area is 145 Å². The molecule has 0 spiro atoms. The highest BCUT2D eigenvalue weighted by Gasteiger charge is 2.13. The van der Waals surface area contributed by atoms with Crippen LogP contribution in [0.25, 0.3) is 6.08 Å². The monoisotopic (exact) mass is 344 g/mol. The summed E-state index contributed by atoms with van der Waals surface area (Å²) in [7, 11) is 0. The van der Waals surface area contributed by atoms with Crippen LogP contribution in [0, 0.1) is 0 Å². The largest absolute Gasteiger partial charge is 0.508 e. The number of fused-ring (bicyclic) bond motifs is 1. The van der Waals surface area contributed by atoms with Gasteiger partial charge in [-0.2, -0.15) is 0 Å². The molecule has 0 aliphatic carbocycles. The average Bonchev–Trinajstić information content (AvgIpc) is 2.61. The number of aliphatic hydroxyl groups is 1. The number of carbonyl (C=O) groups excluding carboxylic acids is 1. The fourth-order valence-electron chi connectivity index (χ4n) is 2.24. The van der Waals surface area contributed by atoms with Crippen LogP contribution >= 0.6 is 0 Å². The number of aliphatic hydroxyl groups excluding tert-OH is 1. The van der Waals surface area contributed by atoms with Gasteiger partial charge in [0.25, 0.3) is 0 Å². The molecule has 0 atom stereocenters. The van der Waals surface area contributed by atoms with E-state index in [1.54, 1.807) is 36.4 Å². The summed E-state index contributed by atoms with van der Waals surface area (Å²) in [5.74, 6) is 0.980. The Kier molecular flexibility index (Phi) is 6.03. The average molecular weight is 344 g/mol. The van der Waals surface area contributed by atoms with Gasteiger partial charge in [0.1, 0.15) is 24.7 Å². The Balaban J connectivity index is 0.00000225. The molecule has 25 heavy (non-hydrogen) atoms. The van der Waals surface area contributed by atoms with Crippen molar-refractivity contribution in [2.75, 3.05) is 13.2 Å². The number of hydrogen-bond donors (Lipinski definition) is 2. The lowest BCUT2D eigenvalue weighted by atomic mass is 10.1. The summed E-state index contributed by atoms with van der Waals surface area (Å²) in [5.41, 5.74) is 1.05. The van der Waals surface area contributed by atoms with Crippen molar-refractivity contribution in [3.63, 3.8) is 0 Å². The number of carbonyl (C=O) groups is 1. The molecule has 6 heteroatoms. The number of esters is 1. The molecule has 2 aromatic carbocycles. The maximum atomic E-state index is 11.9. The van der Waals surface area contributed by atoms with E-state index in [0.717, 1.165) is 0 Å². The number of aromatic hydroxyl groups is 1. The molecule has 0 bridgehead atoms. The van der Waals surface area contributed by atoms with E-state index in [1.807, 2.05) is 0 Å². The second-order valence-electron chi connectivity index (χ2n) is 5.11. The maximum Gasteiger partial charge on any atom is 0.336 e. The number of benzene rings is 2. The maximum absolute atomic E-state index is 11.9. The Morgan fingerprint density at radius 2 is 1.88 bits per heavy atom. The molecule has 0 aromatic heterocycles. The Morgan fingerprint density at radius 3 is 2.64 bits per heavy atom. The van der Waals surface area contributed by atoms with E-state index in [1.165, 1.54) is 12.1 Å². The molecule has 0 amide bonds. The summed E-state index contributed by atoms with van der Waals surface area (Å²) in [6.45, 7) is 0.671. The first kappa shape index (κ1) is 18.4. The van der Waals surface area contributed by atoms with Gasteiger partial charge >= 0.3 is 5.97 Å². The first-order chi connectivity index (χ1) is 11.7. The topological polar surface area (TPSA) is 85.2 Å². The molecule has 1 aliphatic rings. The molecule has 1 heterocycles. The van der Waals surface area contributed by atoms with Gasteiger partial charge in [0.2, 0.25) is 0 Å². The van der Waals surface area contributed by atoms with E-state index in [0.29, 0.717) is 41.6 Å². The summed E-state index contributed by atoms with van der Waals surface area (Å²) >= 11 is 0. The second-order valence-corrected chi connectivity index (χ2v) is 5.11. The van der Waals surface area contributed by atoms with Crippen LogP contribution in [0.15, 0.2) is 42.5 Å². The minimum Gasteiger partial charge on any atom is -0.508 e. The molecular weight excluding hydrogens is 324 g/mol. The zero-order valence-corrected chi connectivity index (χ0v) is 12.8. The predicted octanol–water partition coefficient (Wildman–Crippen LogP) is 2.91. The number of rotatable bonds is 4. The summed E-state index contributed by atoms with van der Waals surface area (Å²) in [6, 6.07) is 9.59. The van der Waals surface area contributed by atoms with Crippen molar-refractivity contribution in [3.05, 3.63) is 53.6 Å². The van der Waals surface area contributed by atoms with Crippen molar-refractivity contribution < 1.29 is 29.2 Å². The van der Waals surface area contributed by atoms with E-state index in [4.69, 9.17) is 19.3 Å². The lowest BCUT2D eigenvalue weighted by molar-refractivity contribution is -0.128. The highest BCUT2D eigenvalue weighted by atomic mass is 16.6. The molecule has 132 valence electrons. The van der Waals surface area contributed by atoms with Gasteiger partial charge < -0.3 is 24.4 Å². The van der Waals surface area contributed by atoms with E-state index in [-0.39, 0.29) is 19.8 Å². The van der Waals surface area contributed by atoms with Crippen LogP contribution < -0.4 is 14.2 Å². The summed E-state index contributed by atoms with van der Waals surface area (Å²) in [4.78, 5) is 11.9. The number of phenols is 1. The van der Waals surface area contributed by atoms with Gasteiger partial charge in [0, 0.05) is 17.7 Å². The Bertz CT molecular complexity index is 781. The highest BCUT2D eigenvalue weighted by molar-refractivity contribution is 5.88. The van der Waals surface area contributed by atoms with E-state index in [9.17, 15) is 9.90 Å². The molecule has 2 aromatic rings. The van der Waals surface area contributed by atoms with E-state index < -0.39 is 5.97 Å². The van der Waals surface area contributed by atoms with E-state index >= 15 is 0 Å². The van der Waals surface area contributed by atoms with Crippen molar-refractivity contribution in [2.45, 2.75) is 14.0 Å². The van der Waals surface area contributed by atoms with Crippen LogP contribution in [0.4, 0.5) is 0 Å². The summed E-state index contributed by atoms with van der Waals surface area (Å²) in [6.07, 6.45) is 2.81. The van der Waals surface area contributed by atoms with Crippen molar-refractivity contribution in [1.82, 2.24) is 0 Å². The SMILES string of the molecule is C.O=C(/C=C/c1ccc(O)c(CO)c1)Oc1ccc2c(c1)OCCO2. The first-order valence-corrected chi connectivity index (χ1v) is 7.38. The molecule has 3 rings (SSSR count). The molecule has 6 nitrogen and oxygen atoms in total. The van der Waals surface area contributed by atoms with Crippen molar-refractivity contribution in [2.24, 2.45) is 0 Å². The van der Waals surface area contributed by atoms with Gasteiger partial charge in [-0.15, -0.1) is 0 Å². The van der Waals surface area contributed by atoms with Crippen molar-refractivity contribution in [1.29, 1.82) is 0 Å². The lowest BCUT2D eigenvalue weighted by Gasteiger charge is -2.18. The standard InChI is InChI=1S/C18H16O6.CH4/c19-11-13-9-12(1-4-15(13)20)2-6-18(21)24-14-3-5-16-17(10-14)23-8-7-22-16;/h1-6,9-10,19-20H,7-8,11H2;1H4/b6-2+;. The van der Waals surface area contributed by atoms with Crippen molar-refractivity contribution in [3.8, 4) is 23.0 Å². The molecule has 0 unspecified atom stereocenters. The number of hydrogen-bond acceptors (Lipinski definition) is 6. The quantitative estimate of drug-likeness (QED) is 0.504.